The van der Waals surface area contributed by atoms with E-state index < -0.39 is 0 Å². The Morgan fingerprint density at radius 3 is 1.67 bits per heavy atom. The van der Waals surface area contributed by atoms with Crippen molar-refractivity contribution >= 4 is 5.97 Å². The van der Waals surface area contributed by atoms with Gasteiger partial charge >= 0.3 is 5.97 Å². The quantitative estimate of drug-likeness (QED) is 0.148. The van der Waals surface area contributed by atoms with Crippen LogP contribution in [0.15, 0.2) is 12.2 Å². The van der Waals surface area contributed by atoms with Gasteiger partial charge in [0.15, 0.2) is 0 Å². The first-order valence-corrected chi connectivity index (χ1v) is 10.6. The van der Waals surface area contributed by atoms with Crippen molar-refractivity contribution in [2.45, 2.75) is 117 Å². The van der Waals surface area contributed by atoms with Gasteiger partial charge in [-0.2, -0.15) is 0 Å². The minimum atomic E-state index is -0.0424. The van der Waals surface area contributed by atoms with E-state index in [1.165, 1.54) is 70.6 Å². The lowest BCUT2D eigenvalue weighted by molar-refractivity contribution is -0.142. The van der Waals surface area contributed by atoms with E-state index in [1.54, 1.807) is 0 Å². The third kappa shape index (κ3) is 19.3. The maximum absolute atomic E-state index is 11.5. The van der Waals surface area contributed by atoms with Gasteiger partial charge in [0, 0.05) is 6.42 Å². The maximum Gasteiger partial charge on any atom is 0.306 e. The summed E-state index contributed by atoms with van der Waals surface area (Å²) in [6.45, 7) is 4.86. The molecular weight excluding hydrogens is 296 g/mol. The van der Waals surface area contributed by atoms with E-state index in [2.05, 4.69) is 19.9 Å². The Hall–Kier alpha value is -0.790. The van der Waals surface area contributed by atoms with E-state index in [1.807, 2.05) is 6.08 Å². The molecule has 0 spiro atoms. The number of carbonyl (C=O) groups is 1. The molecule has 0 N–H and O–H groups in total. The topological polar surface area (TPSA) is 26.3 Å². The number of unbranched alkanes of at least 4 members (excludes halogenated alkanes) is 13. The molecule has 2 nitrogen and oxygen atoms in total. The van der Waals surface area contributed by atoms with E-state index in [9.17, 15) is 4.79 Å². The first-order valence-electron chi connectivity index (χ1n) is 10.6. The predicted octanol–water partition coefficient (Wildman–Crippen LogP) is 7.37. The molecule has 0 aromatic carbocycles. The second-order valence-corrected chi connectivity index (χ2v) is 6.94. The average molecular weight is 339 g/mol. The van der Waals surface area contributed by atoms with Gasteiger partial charge in [0.1, 0.15) is 6.61 Å². The summed E-state index contributed by atoms with van der Waals surface area (Å²) in [6.07, 6.45) is 24.2. The molecule has 0 aromatic rings. The van der Waals surface area contributed by atoms with Crippen molar-refractivity contribution < 1.29 is 9.53 Å². The summed E-state index contributed by atoms with van der Waals surface area (Å²) in [5.41, 5.74) is 0. The van der Waals surface area contributed by atoms with Crippen LogP contribution in [-0.2, 0) is 9.53 Å². The Kier molecular flexibility index (Phi) is 19.6. The highest BCUT2D eigenvalue weighted by Crippen LogP contribution is 2.13. The smallest absolute Gasteiger partial charge is 0.306 e. The lowest BCUT2D eigenvalue weighted by Crippen LogP contribution is -2.03. The number of rotatable bonds is 18. The number of hydrogen-bond acceptors (Lipinski definition) is 2. The van der Waals surface area contributed by atoms with Crippen molar-refractivity contribution in [2.75, 3.05) is 6.61 Å². The Balaban J connectivity index is 3.15. The van der Waals surface area contributed by atoms with Crippen molar-refractivity contribution in [3.63, 3.8) is 0 Å². The Bertz CT molecular complexity index is 284. The summed E-state index contributed by atoms with van der Waals surface area (Å²) in [6, 6.07) is 0. The Labute approximate surface area is 151 Å². The molecule has 0 aliphatic heterocycles. The van der Waals surface area contributed by atoms with Crippen LogP contribution in [0, 0.1) is 0 Å². The van der Waals surface area contributed by atoms with Gasteiger partial charge in [-0.1, -0.05) is 109 Å². The molecule has 142 valence electrons. The zero-order valence-corrected chi connectivity index (χ0v) is 16.5. The highest BCUT2D eigenvalue weighted by Gasteiger charge is 2.01. The molecule has 0 rings (SSSR count). The van der Waals surface area contributed by atoms with Crippen LogP contribution in [0.4, 0.5) is 0 Å². The van der Waals surface area contributed by atoms with Crippen LogP contribution in [0.1, 0.15) is 117 Å². The molecule has 0 fully saturated rings. The minimum absolute atomic E-state index is 0.0424. The zero-order chi connectivity index (χ0) is 17.7. The fraction of sp³-hybridized carbons (Fsp3) is 0.864. The summed E-state index contributed by atoms with van der Waals surface area (Å²) in [5.74, 6) is -0.0424. The average Bonchev–Trinajstić information content (AvgIpc) is 2.59. The number of hydrogen-bond donors (Lipinski definition) is 0. The number of esters is 1. The third-order valence-corrected chi connectivity index (χ3v) is 4.45. The zero-order valence-electron chi connectivity index (χ0n) is 16.5. The van der Waals surface area contributed by atoms with Crippen LogP contribution in [0.5, 0.6) is 0 Å². The highest BCUT2D eigenvalue weighted by atomic mass is 16.5. The van der Waals surface area contributed by atoms with E-state index in [-0.39, 0.29) is 5.97 Å². The largest absolute Gasteiger partial charge is 0.461 e. The monoisotopic (exact) mass is 338 g/mol. The SMILES string of the molecule is CCC/C=C/COC(=O)CCCCCCCCCCCCCCC. The van der Waals surface area contributed by atoms with Gasteiger partial charge in [0.25, 0.3) is 0 Å². The molecule has 0 unspecified atom stereocenters. The molecule has 0 bridgehead atoms. The molecule has 24 heavy (non-hydrogen) atoms. The number of carbonyl (C=O) groups excluding carboxylic acids is 1. The van der Waals surface area contributed by atoms with Gasteiger partial charge in [-0.05, 0) is 12.8 Å². The molecule has 0 heterocycles. The van der Waals surface area contributed by atoms with Gasteiger partial charge in [-0.25, -0.2) is 0 Å². The lowest BCUT2D eigenvalue weighted by atomic mass is 10.0. The molecular formula is C22H42O2. The number of allylic oxidation sites excluding steroid dienone is 1. The summed E-state index contributed by atoms with van der Waals surface area (Å²) >= 11 is 0. The molecule has 2 heteroatoms. The molecule has 0 aliphatic rings. The van der Waals surface area contributed by atoms with Gasteiger partial charge in [-0.15, -0.1) is 0 Å². The summed E-state index contributed by atoms with van der Waals surface area (Å²) < 4.78 is 5.17. The lowest BCUT2D eigenvalue weighted by Gasteiger charge is -2.03. The van der Waals surface area contributed by atoms with E-state index in [0.29, 0.717) is 13.0 Å². The van der Waals surface area contributed by atoms with Crippen molar-refractivity contribution in [3.05, 3.63) is 12.2 Å². The number of ether oxygens (including phenoxy) is 1. The summed E-state index contributed by atoms with van der Waals surface area (Å²) in [5, 5.41) is 0. The molecule has 0 atom stereocenters. The van der Waals surface area contributed by atoms with Crippen LogP contribution in [0.2, 0.25) is 0 Å². The minimum Gasteiger partial charge on any atom is -0.461 e. The normalized spacial score (nSPS) is 11.2. The van der Waals surface area contributed by atoms with Gasteiger partial charge < -0.3 is 4.74 Å². The van der Waals surface area contributed by atoms with Crippen LogP contribution in [0.3, 0.4) is 0 Å². The third-order valence-electron chi connectivity index (χ3n) is 4.45. The molecule has 0 radical (unpaired) electrons. The van der Waals surface area contributed by atoms with E-state index in [4.69, 9.17) is 4.74 Å². The molecule has 0 saturated heterocycles. The fourth-order valence-electron chi connectivity index (χ4n) is 2.85. The van der Waals surface area contributed by atoms with Crippen LogP contribution >= 0.6 is 0 Å². The molecule has 0 aliphatic carbocycles. The van der Waals surface area contributed by atoms with Gasteiger partial charge in [0.05, 0.1) is 0 Å². The Morgan fingerprint density at radius 2 is 1.17 bits per heavy atom. The first kappa shape index (κ1) is 23.2. The molecule has 0 amide bonds. The van der Waals surface area contributed by atoms with Gasteiger partial charge in [0.2, 0.25) is 0 Å². The van der Waals surface area contributed by atoms with Crippen LogP contribution in [-0.4, -0.2) is 12.6 Å². The molecule has 0 aromatic heterocycles. The van der Waals surface area contributed by atoms with Crippen molar-refractivity contribution in [1.29, 1.82) is 0 Å². The second kappa shape index (κ2) is 20.3. The van der Waals surface area contributed by atoms with Crippen molar-refractivity contribution in [2.24, 2.45) is 0 Å². The maximum atomic E-state index is 11.5. The standard InChI is InChI=1S/C22H42O2/c1-3-5-7-9-10-11-12-13-14-15-16-17-18-20-22(23)24-21-19-8-6-4-2/h8,19H,3-7,9-18,20-21H2,1-2H3/b19-8+. The summed E-state index contributed by atoms with van der Waals surface area (Å²) in [4.78, 5) is 11.5. The van der Waals surface area contributed by atoms with Gasteiger partial charge in [-0.3, -0.25) is 4.79 Å². The van der Waals surface area contributed by atoms with Crippen molar-refractivity contribution in [3.8, 4) is 0 Å². The fourth-order valence-corrected chi connectivity index (χ4v) is 2.85. The van der Waals surface area contributed by atoms with E-state index in [0.717, 1.165) is 25.7 Å². The predicted molar refractivity (Wildman–Crippen MR) is 105 cm³/mol. The van der Waals surface area contributed by atoms with Crippen molar-refractivity contribution in [1.82, 2.24) is 0 Å². The Morgan fingerprint density at radius 1 is 0.667 bits per heavy atom. The van der Waals surface area contributed by atoms with Crippen LogP contribution in [0.25, 0.3) is 0 Å². The first-order chi connectivity index (χ1) is 11.8. The molecule has 0 saturated carbocycles. The summed E-state index contributed by atoms with van der Waals surface area (Å²) in [7, 11) is 0. The second-order valence-electron chi connectivity index (χ2n) is 6.94. The van der Waals surface area contributed by atoms with E-state index >= 15 is 0 Å². The van der Waals surface area contributed by atoms with Crippen LogP contribution < -0.4 is 0 Å². The highest BCUT2D eigenvalue weighted by molar-refractivity contribution is 5.69.